The predicted octanol–water partition coefficient (Wildman–Crippen LogP) is 2.71. The van der Waals surface area contributed by atoms with Crippen molar-refractivity contribution in [3.05, 3.63) is 41.3 Å². The first-order chi connectivity index (χ1) is 12.2. The normalized spacial score (nSPS) is 16.9. The SMILES string of the molecule is CN(C)c1cc(C(=O)NC2CCCc3cn(CC(F)(F)F)nc32)ccn1. The number of carbonyl (C=O) groups is 1. The fourth-order valence-corrected chi connectivity index (χ4v) is 3.05. The van der Waals surface area contributed by atoms with Crippen LogP contribution in [-0.2, 0) is 13.0 Å². The molecular formula is C17H20F3N5O. The van der Waals surface area contributed by atoms with Gasteiger partial charge in [-0.25, -0.2) is 4.98 Å². The van der Waals surface area contributed by atoms with E-state index in [1.54, 1.807) is 23.2 Å². The van der Waals surface area contributed by atoms with E-state index in [0.717, 1.165) is 16.7 Å². The third-order valence-corrected chi connectivity index (χ3v) is 4.25. The number of halogens is 3. The third kappa shape index (κ3) is 4.14. The molecular weight excluding hydrogens is 347 g/mol. The Morgan fingerprint density at radius 1 is 1.42 bits per heavy atom. The summed E-state index contributed by atoms with van der Waals surface area (Å²) in [7, 11) is 3.65. The minimum absolute atomic E-state index is 0.293. The quantitative estimate of drug-likeness (QED) is 0.903. The lowest BCUT2D eigenvalue weighted by Gasteiger charge is -2.22. The number of fused-ring (bicyclic) bond motifs is 1. The van der Waals surface area contributed by atoms with Crippen molar-refractivity contribution in [3.63, 3.8) is 0 Å². The highest BCUT2D eigenvalue weighted by Gasteiger charge is 2.31. The average molecular weight is 367 g/mol. The summed E-state index contributed by atoms with van der Waals surface area (Å²) in [4.78, 5) is 18.5. The van der Waals surface area contributed by atoms with Gasteiger partial charge in [-0.1, -0.05) is 0 Å². The number of rotatable bonds is 4. The zero-order chi connectivity index (χ0) is 18.9. The molecule has 2 aromatic rings. The van der Waals surface area contributed by atoms with Gasteiger partial charge in [-0.2, -0.15) is 18.3 Å². The Morgan fingerprint density at radius 3 is 2.88 bits per heavy atom. The highest BCUT2D eigenvalue weighted by molar-refractivity contribution is 5.95. The number of nitrogens with one attached hydrogen (secondary N) is 1. The molecule has 1 atom stereocenters. The molecule has 1 N–H and O–H groups in total. The summed E-state index contributed by atoms with van der Waals surface area (Å²) in [6, 6.07) is 2.88. The maximum atomic E-state index is 12.6. The average Bonchev–Trinajstić information content (AvgIpc) is 2.96. The fraction of sp³-hybridized carbons (Fsp3) is 0.471. The first-order valence-corrected chi connectivity index (χ1v) is 8.30. The van der Waals surface area contributed by atoms with Gasteiger partial charge in [-0.05, 0) is 37.0 Å². The fourth-order valence-electron chi connectivity index (χ4n) is 3.05. The molecule has 6 nitrogen and oxygen atoms in total. The van der Waals surface area contributed by atoms with Crippen molar-refractivity contribution in [3.8, 4) is 0 Å². The molecule has 3 rings (SSSR count). The second-order valence-corrected chi connectivity index (χ2v) is 6.57. The molecule has 1 unspecified atom stereocenters. The van der Waals surface area contributed by atoms with Gasteiger partial charge < -0.3 is 10.2 Å². The first kappa shape index (κ1) is 18.2. The highest BCUT2D eigenvalue weighted by Crippen LogP contribution is 2.30. The van der Waals surface area contributed by atoms with E-state index in [1.807, 2.05) is 14.1 Å². The monoisotopic (exact) mass is 367 g/mol. The number of nitrogens with zero attached hydrogens (tertiary/aromatic N) is 4. The number of carbonyl (C=O) groups excluding carboxylic acids is 1. The van der Waals surface area contributed by atoms with Gasteiger partial charge in [0, 0.05) is 32.1 Å². The molecule has 140 valence electrons. The summed E-state index contributed by atoms with van der Waals surface area (Å²) in [5.41, 5.74) is 1.73. The standard InChI is InChI=1S/C17H20F3N5O/c1-24(2)14-8-11(6-7-21-14)16(26)22-13-5-3-4-12-9-25(23-15(12)13)10-17(18,19)20/h6-9,13H,3-5,10H2,1-2H3,(H,22,26). The molecule has 0 radical (unpaired) electrons. The first-order valence-electron chi connectivity index (χ1n) is 8.30. The van der Waals surface area contributed by atoms with E-state index in [1.165, 1.54) is 6.20 Å². The van der Waals surface area contributed by atoms with Gasteiger partial charge >= 0.3 is 6.18 Å². The lowest BCUT2D eigenvalue weighted by Crippen LogP contribution is -2.31. The van der Waals surface area contributed by atoms with Crippen molar-refractivity contribution in [2.45, 2.75) is 38.0 Å². The summed E-state index contributed by atoms with van der Waals surface area (Å²) < 4.78 is 38.7. The zero-order valence-corrected chi connectivity index (χ0v) is 14.5. The van der Waals surface area contributed by atoms with Crippen molar-refractivity contribution in [2.75, 3.05) is 19.0 Å². The largest absolute Gasteiger partial charge is 0.408 e. The minimum atomic E-state index is -4.33. The second-order valence-electron chi connectivity index (χ2n) is 6.57. The second kappa shape index (κ2) is 6.97. The van der Waals surface area contributed by atoms with Crippen LogP contribution in [0.5, 0.6) is 0 Å². The van der Waals surface area contributed by atoms with Crippen molar-refractivity contribution in [1.82, 2.24) is 20.1 Å². The Kier molecular flexibility index (Phi) is 4.88. The van der Waals surface area contributed by atoms with E-state index in [4.69, 9.17) is 0 Å². The molecule has 0 aliphatic heterocycles. The van der Waals surface area contributed by atoms with Crippen LogP contribution in [0.15, 0.2) is 24.5 Å². The number of aromatic nitrogens is 3. The van der Waals surface area contributed by atoms with Gasteiger partial charge in [-0.3, -0.25) is 9.48 Å². The summed E-state index contributed by atoms with van der Waals surface area (Å²) in [6.07, 6.45) is 0.751. The Balaban J connectivity index is 1.77. The number of hydrogen-bond acceptors (Lipinski definition) is 4. The molecule has 0 saturated heterocycles. The van der Waals surface area contributed by atoms with Gasteiger partial charge in [0.25, 0.3) is 5.91 Å². The number of alkyl halides is 3. The van der Waals surface area contributed by atoms with Crippen LogP contribution in [0.25, 0.3) is 0 Å². The van der Waals surface area contributed by atoms with Crippen molar-refractivity contribution in [2.24, 2.45) is 0 Å². The molecule has 0 saturated carbocycles. The van der Waals surface area contributed by atoms with Crippen molar-refractivity contribution < 1.29 is 18.0 Å². The van der Waals surface area contributed by atoms with E-state index in [2.05, 4.69) is 15.4 Å². The van der Waals surface area contributed by atoms with Crippen LogP contribution in [0, 0.1) is 0 Å². The number of anilines is 1. The summed E-state index contributed by atoms with van der Waals surface area (Å²) in [6.45, 7) is -1.13. The number of aryl methyl sites for hydroxylation is 1. The van der Waals surface area contributed by atoms with E-state index in [0.29, 0.717) is 29.9 Å². The Labute approximate surface area is 149 Å². The van der Waals surface area contributed by atoms with Gasteiger partial charge in [0.2, 0.25) is 0 Å². The summed E-state index contributed by atoms with van der Waals surface area (Å²) in [5, 5.41) is 6.96. The smallest absolute Gasteiger partial charge is 0.363 e. The van der Waals surface area contributed by atoms with Crippen molar-refractivity contribution in [1.29, 1.82) is 0 Å². The van der Waals surface area contributed by atoms with Crippen molar-refractivity contribution >= 4 is 11.7 Å². The van der Waals surface area contributed by atoms with E-state index in [9.17, 15) is 18.0 Å². The van der Waals surface area contributed by atoms with Gasteiger partial charge in [-0.15, -0.1) is 0 Å². The summed E-state index contributed by atoms with van der Waals surface area (Å²) >= 11 is 0. The molecule has 0 fully saturated rings. The molecule has 2 heterocycles. The van der Waals surface area contributed by atoms with Crippen LogP contribution in [0.4, 0.5) is 19.0 Å². The van der Waals surface area contributed by atoms with Crippen LogP contribution in [0.2, 0.25) is 0 Å². The highest BCUT2D eigenvalue weighted by atomic mass is 19.4. The molecule has 26 heavy (non-hydrogen) atoms. The Hall–Kier alpha value is -2.58. The zero-order valence-electron chi connectivity index (χ0n) is 14.5. The number of amides is 1. The Morgan fingerprint density at radius 2 is 2.19 bits per heavy atom. The molecule has 0 bridgehead atoms. The lowest BCUT2D eigenvalue weighted by atomic mass is 9.93. The molecule has 1 aliphatic carbocycles. The molecule has 9 heteroatoms. The predicted molar refractivity (Wildman–Crippen MR) is 90.0 cm³/mol. The number of hydrogen-bond donors (Lipinski definition) is 1. The van der Waals surface area contributed by atoms with Gasteiger partial charge in [0.05, 0.1) is 11.7 Å². The number of pyridine rings is 1. The molecule has 0 aromatic carbocycles. The van der Waals surface area contributed by atoms with Crippen LogP contribution in [0.3, 0.4) is 0 Å². The molecule has 2 aromatic heterocycles. The maximum absolute atomic E-state index is 12.6. The van der Waals surface area contributed by atoms with Gasteiger partial charge in [0.1, 0.15) is 12.4 Å². The van der Waals surface area contributed by atoms with E-state index >= 15 is 0 Å². The maximum Gasteiger partial charge on any atom is 0.408 e. The third-order valence-electron chi connectivity index (χ3n) is 4.25. The molecule has 1 aliphatic rings. The van der Waals surface area contributed by atoms with Gasteiger partial charge in [0.15, 0.2) is 0 Å². The minimum Gasteiger partial charge on any atom is -0.363 e. The molecule has 0 spiro atoms. The van der Waals surface area contributed by atoms with Crippen LogP contribution >= 0.6 is 0 Å². The Bertz CT molecular complexity index is 800. The van der Waals surface area contributed by atoms with E-state index in [-0.39, 0.29) is 5.91 Å². The summed E-state index contributed by atoms with van der Waals surface area (Å²) in [5.74, 6) is 0.357. The molecule has 1 amide bonds. The van der Waals surface area contributed by atoms with Crippen LogP contribution in [0.1, 0.15) is 40.5 Å². The van der Waals surface area contributed by atoms with E-state index < -0.39 is 18.8 Å². The van der Waals surface area contributed by atoms with Crippen LogP contribution in [-0.4, -0.2) is 40.9 Å². The van der Waals surface area contributed by atoms with Crippen LogP contribution < -0.4 is 10.2 Å². The topological polar surface area (TPSA) is 63.1 Å². The lowest BCUT2D eigenvalue weighted by molar-refractivity contribution is -0.142.